The number of carbonyl (C=O) groups is 3. The number of rotatable bonds is 10. The summed E-state index contributed by atoms with van der Waals surface area (Å²) in [5, 5.41) is 27.8. The van der Waals surface area contributed by atoms with Crippen molar-refractivity contribution in [3.8, 4) is 0 Å². The second-order valence-corrected chi connectivity index (χ2v) is 5.52. The minimum Gasteiger partial charge on any atom is -0.463 e. The van der Waals surface area contributed by atoms with Gasteiger partial charge in [-0.2, -0.15) is 0 Å². The molecule has 0 spiro atoms. The highest BCUT2D eigenvalue weighted by Crippen LogP contribution is 2.19. The lowest BCUT2D eigenvalue weighted by atomic mass is 10.0. The SMILES string of the molecule is CCC(CC)C(=O)OCC(O)C1OC(=O)C(OCC(O)CO)C1=O. The Bertz CT molecular complexity index is 446. The van der Waals surface area contributed by atoms with Gasteiger partial charge >= 0.3 is 11.9 Å². The molecule has 9 heteroatoms. The lowest BCUT2D eigenvalue weighted by Gasteiger charge is -2.18. The number of hydrogen-bond donors (Lipinski definition) is 3. The lowest BCUT2D eigenvalue weighted by Crippen LogP contribution is -2.39. The van der Waals surface area contributed by atoms with Crippen molar-refractivity contribution in [2.45, 2.75) is 51.1 Å². The minimum absolute atomic E-state index is 0.296. The van der Waals surface area contributed by atoms with Gasteiger partial charge in [-0.05, 0) is 12.8 Å². The quantitative estimate of drug-likeness (QED) is 0.320. The summed E-state index contributed by atoms with van der Waals surface area (Å²) in [6, 6.07) is 0. The van der Waals surface area contributed by atoms with Crippen molar-refractivity contribution in [2.24, 2.45) is 5.92 Å². The van der Waals surface area contributed by atoms with Gasteiger partial charge in [0, 0.05) is 0 Å². The number of aliphatic hydroxyl groups is 3. The summed E-state index contributed by atoms with van der Waals surface area (Å²) in [6.45, 7) is 2.15. The molecule has 1 fully saturated rings. The fourth-order valence-electron chi connectivity index (χ4n) is 2.18. The molecule has 0 aromatic carbocycles. The minimum atomic E-state index is -1.58. The Hall–Kier alpha value is -1.55. The molecule has 9 nitrogen and oxygen atoms in total. The molecule has 1 aliphatic heterocycles. The van der Waals surface area contributed by atoms with Crippen molar-refractivity contribution in [3.05, 3.63) is 0 Å². The first-order valence-electron chi connectivity index (χ1n) is 7.85. The van der Waals surface area contributed by atoms with Crippen LogP contribution in [0.1, 0.15) is 26.7 Å². The van der Waals surface area contributed by atoms with Crippen molar-refractivity contribution < 1.29 is 43.9 Å². The van der Waals surface area contributed by atoms with E-state index in [1.165, 1.54) is 0 Å². The summed E-state index contributed by atoms with van der Waals surface area (Å²) in [6.07, 6.45) is -4.65. The van der Waals surface area contributed by atoms with E-state index < -0.39 is 62.0 Å². The number of ether oxygens (including phenoxy) is 3. The van der Waals surface area contributed by atoms with Gasteiger partial charge in [0.2, 0.25) is 11.9 Å². The number of esters is 2. The predicted octanol–water partition coefficient (Wildman–Crippen LogP) is -1.44. The first-order chi connectivity index (χ1) is 11.3. The van der Waals surface area contributed by atoms with Gasteiger partial charge in [-0.15, -0.1) is 0 Å². The van der Waals surface area contributed by atoms with Crippen molar-refractivity contribution in [1.29, 1.82) is 0 Å². The Morgan fingerprint density at radius 3 is 2.38 bits per heavy atom. The summed E-state index contributed by atoms with van der Waals surface area (Å²) in [7, 11) is 0. The van der Waals surface area contributed by atoms with E-state index in [0.29, 0.717) is 12.8 Å². The zero-order valence-corrected chi connectivity index (χ0v) is 13.7. The fourth-order valence-corrected chi connectivity index (χ4v) is 2.18. The molecule has 4 atom stereocenters. The number of ketones is 1. The summed E-state index contributed by atoms with van der Waals surface area (Å²) >= 11 is 0. The van der Waals surface area contributed by atoms with Crippen LogP contribution in [0.4, 0.5) is 0 Å². The molecule has 0 aliphatic carbocycles. The van der Waals surface area contributed by atoms with Crippen molar-refractivity contribution in [1.82, 2.24) is 0 Å². The van der Waals surface area contributed by atoms with E-state index in [1.54, 1.807) is 0 Å². The molecule has 1 heterocycles. The molecular weight excluding hydrogens is 324 g/mol. The average molecular weight is 348 g/mol. The fraction of sp³-hybridized carbons (Fsp3) is 0.800. The highest BCUT2D eigenvalue weighted by Gasteiger charge is 2.48. The standard InChI is InChI=1S/C15H24O9/c1-3-8(4-2)14(20)23-7-10(18)12-11(19)13(15(21)24-12)22-6-9(17)5-16/h8-10,12-13,16-18H,3-7H2,1-2H3. The zero-order valence-electron chi connectivity index (χ0n) is 13.7. The van der Waals surface area contributed by atoms with Crippen LogP contribution in [0.25, 0.3) is 0 Å². The number of Topliss-reactive ketones (excluding diaryl/α,β-unsaturated/α-hetero) is 1. The predicted molar refractivity (Wildman–Crippen MR) is 78.8 cm³/mol. The Labute approximate surface area is 139 Å². The smallest absolute Gasteiger partial charge is 0.344 e. The van der Waals surface area contributed by atoms with Crippen LogP contribution in [-0.4, -0.2) is 77.3 Å². The van der Waals surface area contributed by atoms with Crippen LogP contribution in [-0.2, 0) is 28.6 Å². The summed E-state index contributed by atoms with van der Waals surface area (Å²) in [5.41, 5.74) is 0. The maximum Gasteiger partial charge on any atom is 0.344 e. The molecule has 24 heavy (non-hydrogen) atoms. The average Bonchev–Trinajstić information content (AvgIpc) is 2.85. The van der Waals surface area contributed by atoms with E-state index >= 15 is 0 Å². The molecule has 3 N–H and O–H groups in total. The van der Waals surface area contributed by atoms with Crippen LogP contribution in [0.15, 0.2) is 0 Å². The van der Waals surface area contributed by atoms with Gasteiger partial charge < -0.3 is 29.5 Å². The summed E-state index contributed by atoms with van der Waals surface area (Å²) in [5.74, 6) is -2.61. The molecule has 0 bridgehead atoms. The number of hydrogen-bond acceptors (Lipinski definition) is 9. The van der Waals surface area contributed by atoms with E-state index in [-0.39, 0.29) is 5.92 Å². The van der Waals surface area contributed by atoms with Crippen molar-refractivity contribution >= 4 is 17.7 Å². The monoisotopic (exact) mass is 348 g/mol. The van der Waals surface area contributed by atoms with E-state index in [0.717, 1.165) is 0 Å². The molecular formula is C15H24O9. The van der Waals surface area contributed by atoms with Gasteiger partial charge in [-0.3, -0.25) is 9.59 Å². The summed E-state index contributed by atoms with van der Waals surface area (Å²) < 4.78 is 14.6. The van der Waals surface area contributed by atoms with Gasteiger partial charge in [-0.25, -0.2) is 4.79 Å². The molecule has 1 saturated heterocycles. The Kier molecular flexibility index (Phi) is 8.26. The van der Waals surface area contributed by atoms with Crippen LogP contribution in [0.3, 0.4) is 0 Å². The van der Waals surface area contributed by atoms with Gasteiger partial charge in [0.1, 0.15) is 18.8 Å². The second kappa shape index (κ2) is 9.67. The zero-order chi connectivity index (χ0) is 18.3. The Morgan fingerprint density at radius 2 is 1.83 bits per heavy atom. The Balaban J connectivity index is 2.53. The molecule has 0 aromatic rings. The van der Waals surface area contributed by atoms with Gasteiger partial charge in [0.05, 0.1) is 19.1 Å². The molecule has 1 rings (SSSR count). The van der Waals surface area contributed by atoms with Gasteiger partial charge in [-0.1, -0.05) is 13.8 Å². The number of cyclic esters (lactones) is 1. The van der Waals surface area contributed by atoms with Gasteiger partial charge in [0.25, 0.3) is 0 Å². The molecule has 0 amide bonds. The first-order valence-corrected chi connectivity index (χ1v) is 7.85. The van der Waals surface area contributed by atoms with Crippen LogP contribution in [0.2, 0.25) is 0 Å². The van der Waals surface area contributed by atoms with Crippen LogP contribution in [0.5, 0.6) is 0 Å². The normalized spacial score (nSPS) is 23.2. The molecule has 4 unspecified atom stereocenters. The number of carbonyl (C=O) groups excluding carboxylic acids is 3. The van der Waals surface area contributed by atoms with E-state index in [4.69, 9.17) is 24.4 Å². The molecule has 0 aromatic heterocycles. The van der Waals surface area contributed by atoms with E-state index in [2.05, 4.69) is 0 Å². The highest BCUT2D eigenvalue weighted by atomic mass is 16.6. The van der Waals surface area contributed by atoms with Crippen molar-refractivity contribution in [3.63, 3.8) is 0 Å². The van der Waals surface area contributed by atoms with Gasteiger partial charge in [0.15, 0.2) is 6.10 Å². The third-order valence-corrected chi connectivity index (χ3v) is 3.73. The van der Waals surface area contributed by atoms with Crippen LogP contribution >= 0.6 is 0 Å². The maximum absolute atomic E-state index is 12.0. The molecule has 1 aliphatic rings. The third kappa shape index (κ3) is 5.23. The molecule has 0 saturated carbocycles. The highest BCUT2D eigenvalue weighted by molar-refractivity contribution is 6.09. The Morgan fingerprint density at radius 1 is 1.21 bits per heavy atom. The lowest BCUT2D eigenvalue weighted by molar-refractivity contribution is -0.159. The van der Waals surface area contributed by atoms with Crippen LogP contribution in [0, 0.1) is 5.92 Å². The largest absolute Gasteiger partial charge is 0.463 e. The topological polar surface area (TPSA) is 140 Å². The molecule has 0 radical (unpaired) electrons. The maximum atomic E-state index is 12.0. The first kappa shape index (κ1) is 20.5. The summed E-state index contributed by atoms with van der Waals surface area (Å²) in [4.78, 5) is 35.4. The van der Waals surface area contributed by atoms with E-state index in [9.17, 15) is 19.5 Å². The van der Waals surface area contributed by atoms with E-state index in [1.807, 2.05) is 13.8 Å². The van der Waals surface area contributed by atoms with Crippen molar-refractivity contribution in [2.75, 3.05) is 19.8 Å². The third-order valence-electron chi connectivity index (χ3n) is 3.73. The van der Waals surface area contributed by atoms with Crippen LogP contribution < -0.4 is 0 Å². The number of aliphatic hydroxyl groups excluding tert-OH is 3. The second-order valence-electron chi connectivity index (χ2n) is 5.52. The molecule has 138 valence electrons.